The van der Waals surface area contributed by atoms with Crippen molar-refractivity contribution in [1.29, 1.82) is 0 Å². The van der Waals surface area contributed by atoms with Crippen LogP contribution in [0.25, 0.3) is 0 Å². The van der Waals surface area contributed by atoms with Crippen molar-refractivity contribution in [2.75, 3.05) is 13.7 Å². The lowest BCUT2D eigenvalue weighted by atomic mass is 9.95. The molecule has 2 amide bonds. The van der Waals surface area contributed by atoms with Crippen LogP contribution in [0.4, 0.5) is 4.79 Å². The number of halogens is 1. The van der Waals surface area contributed by atoms with E-state index in [9.17, 15) is 9.59 Å². The van der Waals surface area contributed by atoms with Gasteiger partial charge in [0.2, 0.25) is 0 Å². The first-order chi connectivity index (χ1) is 11.3. The number of nitrogens with zero attached hydrogens (tertiary/aromatic N) is 1. The topological polar surface area (TPSA) is 58.6 Å². The van der Waals surface area contributed by atoms with E-state index in [4.69, 9.17) is 16.3 Å². The van der Waals surface area contributed by atoms with Crippen molar-refractivity contribution in [3.63, 3.8) is 0 Å². The summed E-state index contributed by atoms with van der Waals surface area (Å²) in [5.74, 6) is 0.0496. The fourth-order valence-corrected chi connectivity index (χ4v) is 2.60. The molecule has 0 saturated carbocycles. The van der Waals surface area contributed by atoms with E-state index in [1.165, 1.54) is 4.90 Å². The van der Waals surface area contributed by atoms with Gasteiger partial charge in [0.15, 0.2) is 0 Å². The third kappa shape index (κ3) is 4.09. The van der Waals surface area contributed by atoms with Gasteiger partial charge in [-0.15, -0.1) is 0 Å². The monoisotopic (exact) mass is 350 g/mol. The van der Waals surface area contributed by atoms with E-state index in [1.807, 2.05) is 0 Å². The molecule has 6 heteroatoms. The number of hydrogen-bond donors (Lipinski definition) is 1. The Hall–Kier alpha value is -2.01. The highest BCUT2D eigenvalue weighted by Crippen LogP contribution is 2.31. The molecule has 0 bridgehead atoms. The second-order valence-electron chi connectivity index (χ2n) is 6.31. The molecule has 1 aromatic carbocycles. The summed E-state index contributed by atoms with van der Waals surface area (Å²) >= 11 is 5.93. The summed E-state index contributed by atoms with van der Waals surface area (Å²) in [6.07, 6.45) is 0.797. The molecular weight excluding hydrogens is 328 g/mol. The summed E-state index contributed by atoms with van der Waals surface area (Å²) in [5.41, 5.74) is 1.83. The van der Waals surface area contributed by atoms with Gasteiger partial charge in [0, 0.05) is 17.8 Å². The molecule has 0 spiro atoms. The van der Waals surface area contributed by atoms with Crippen molar-refractivity contribution in [2.45, 2.75) is 33.2 Å². The predicted octanol–water partition coefficient (Wildman–Crippen LogP) is 3.90. The smallest absolute Gasteiger partial charge is 0.338 e. The van der Waals surface area contributed by atoms with Gasteiger partial charge < -0.3 is 15.0 Å². The number of benzene rings is 1. The number of esters is 1. The standard InChI is InChI=1S/C18H23ClN2O3/c1-11(2)9-10-24-17(22)15-12(3)21(4)18(23)20-16(15)13-5-7-14(19)8-6-13/h5-8,11,16H,9-10H2,1-4H3,(H,20,23)/t16-/m1/s1. The summed E-state index contributed by atoms with van der Waals surface area (Å²) in [4.78, 5) is 26.2. The summed E-state index contributed by atoms with van der Waals surface area (Å²) in [6.45, 7) is 6.26. The molecule has 0 aromatic heterocycles. The molecule has 0 aliphatic carbocycles. The maximum Gasteiger partial charge on any atom is 0.338 e. The molecule has 1 aromatic rings. The zero-order chi connectivity index (χ0) is 17.9. The Labute approximate surface area is 147 Å². The SMILES string of the molecule is CC1=C(C(=O)OCCC(C)C)[C@@H](c2ccc(Cl)cc2)NC(=O)N1C. The highest BCUT2D eigenvalue weighted by Gasteiger charge is 2.34. The van der Waals surface area contributed by atoms with Gasteiger partial charge in [0.05, 0.1) is 18.2 Å². The number of carbonyl (C=O) groups is 2. The van der Waals surface area contributed by atoms with Crippen LogP contribution >= 0.6 is 11.6 Å². The van der Waals surface area contributed by atoms with Gasteiger partial charge in [0.1, 0.15) is 0 Å². The van der Waals surface area contributed by atoms with Gasteiger partial charge >= 0.3 is 12.0 Å². The van der Waals surface area contributed by atoms with Crippen LogP contribution in [0.3, 0.4) is 0 Å². The molecule has 5 nitrogen and oxygen atoms in total. The number of amides is 2. The molecule has 1 heterocycles. The van der Waals surface area contributed by atoms with Gasteiger partial charge in [0.25, 0.3) is 0 Å². The van der Waals surface area contributed by atoms with Gasteiger partial charge in [-0.1, -0.05) is 37.6 Å². The van der Waals surface area contributed by atoms with Gasteiger partial charge in [-0.25, -0.2) is 9.59 Å². The fraction of sp³-hybridized carbons (Fsp3) is 0.444. The van der Waals surface area contributed by atoms with Crippen LogP contribution in [0.15, 0.2) is 35.5 Å². The number of urea groups is 1. The number of rotatable bonds is 5. The largest absolute Gasteiger partial charge is 0.462 e. The first-order valence-electron chi connectivity index (χ1n) is 7.98. The second-order valence-corrected chi connectivity index (χ2v) is 6.75. The molecule has 0 fully saturated rings. The van der Waals surface area contributed by atoms with Gasteiger partial charge in [-0.3, -0.25) is 0 Å². The zero-order valence-corrected chi connectivity index (χ0v) is 15.2. The minimum absolute atomic E-state index is 0.258. The van der Waals surface area contributed by atoms with Crippen molar-refractivity contribution in [2.24, 2.45) is 5.92 Å². The van der Waals surface area contributed by atoms with Crippen molar-refractivity contribution >= 4 is 23.6 Å². The van der Waals surface area contributed by atoms with Crippen molar-refractivity contribution in [3.05, 3.63) is 46.1 Å². The summed E-state index contributed by atoms with van der Waals surface area (Å²) in [5, 5.41) is 3.44. The molecule has 24 heavy (non-hydrogen) atoms. The van der Waals surface area contributed by atoms with Crippen molar-refractivity contribution < 1.29 is 14.3 Å². The third-order valence-electron chi connectivity index (χ3n) is 4.11. The third-order valence-corrected chi connectivity index (χ3v) is 4.36. The second kappa shape index (κ2) is 7.71. The number of hydrogen-bond acceptors (Lipinski definition) is 3. The first-order valence-corrected chi connectivity index (χ1v) is 8.36. The Morgan fingerprint density at radius 2 is 1.96 bits per heavy atom. The van der Waals surface area contributed by atoms with Crippen LogP contribution in [0.1, 0.15) is 38.8 Å². The van der Waals surface area contributed by atoms with Crippen LogP contribution in [-0.4, -0.2) is 30.6 Å². The van der Waals surface area contributed by atoms with Crippen LogP contribution in [0.5, 0.6) is 0 Å². The highest BCUT2D eigenvalue weighted by atomic mass is 35.5. The molecule has 0 saturated heterocycles. The first kappa shape index (κ1) is 18.3. The van der Waals surface area contributed by atoms with E-state index >= 15 is 0 Å². The minimum Gasteiger partial charge on any atom is -0.462 e. The minimum atomic E-state index is -0.544. The Balaban J connectivity index is 2.31. The Kier molecular flexibility index (Phi) is 5.89. The van der Waals surface area contributed by atoms with E-state index < -0.39 is 12.0 Å². The maximum absolute atomic E-state index is 12.6. The van der Waals surface area contributed by atoms with Crippen LogP contribution in [0.2, 0.25) is 5.02 Å². The summed E-state index contributed by atoms with van der Waals surface area (Å²) in [6, 6.07) is 6.26. The summed E-state index contributed by atoms with van der Waals surface area (Å²) in [7, 11) is 1.63. The Morgan fingerprint density at radius 1 is 1.33 bits per heavy atom. The lowest BCUT2D eigenvalue weighted by Crippen LogP contribution is -2.46. The molecule has 1 atom stereocenters. The highest BCUT2D eigenvalue weighted by molar-refractivity contribution is 6.30. The van der Waals surface area contributed by atoms with E-state index in [0.29, 0.717) is 28.8 Å². The molecule has 0 radical (unpaired) electrons. The fourth-order valence-electron chi connectivity index (χ4n) is 2.47. The lowest BCUT2D eigenvalue weighted by Gasteiger charge is -2.33. The molecule has 1 aliphatic rings. The van der Waals surface area contributed by atoms with E-state index in [2.05, 4.69) is 19.2 Å². The maximum atomic E-state index is 12.6. The molecule has 2 rings (SSSR count). The molecule has 1 aliphatic heterocycles. The van der Waals surface area contributed by atoms with Gasteiger partial charge in [-0.05, 0) is 37.0 Å². The van der Waals surface area contributed by atoms with Crippen LogP contribution in [0, 0.1) is 5.92 Å². The lowest BCUT2D eigenvalue weighted by molar-refractivity contribution is -0.140. The molecular formula is C18H23ClN2O3. The number of nitrogens with one attached hydrogen (secondary N) is 1. The van der Waals surface area contributed by atoms with Crippen LogP contribution < -0.4 is 5.32 Å². The van der Waals surface area contributed by atoms with E-state index in [0.717, 1.165) is 12.0 Å². The zero-order valence-electron chi connectivity index (χ0n) is 14.4. The van der Waals surface area contributed by atoms with Crippen molar-refractivity contribution in [1.82, 2.24) is 10.2 Å². The Bertz CT molecular complexity index is 653. The normalized spacial score (nSPS) is 18.0. The Morgan fingerprint density at radius 3 is 2.54 bits per heavy atom. The van der Waals surface area contributed by atoms with Crippen LogP contribution in [-0.2, 0) is 9.53 Å². The number of allylic oxidation sites excluding steroid dienone is 1. The summed E-state index contributed by atoms with van der Waals surface area (Å²) < 4.78 is 5.42. The molecule has 130 valence electrons. The number of carbonyl (C=O) groups excluding carboxylic acids is 2. The predicted molar refractivity (Wildman–Crippen MR) is 93.6 cm³/mol. The van der Waals surface area contributed by atoms with E-state index in [-0.39, 0.29) is 6.03 Å². The quantitative estimate of drug-likeness (QED) is 0.819. The van der Waals surface area contributed by atoms with Crippen molar-refractivity contribution in [3.8, 4) is 0 Å². The van der Waals surface area contributed by atoms with E-state index in [1.54, 1.807) is 38.2 Å². The number of ether oxygens (including phenoxy) is 1. The molecule has 0 unspecified atom stereocenters. The average Bonchev–Trinajstić information content (AvgIpc) is 2.52. The van der Waals surface area contributed by atoms with Gasteiger partial charge in [-0.2, -0.15) is 0 Å². The average molecular weight is 351 g/mol. The molecule has 1 N–H and O–H groups in total.